The minimum absolute atomic E-state index is 0.379. The van der Waals surface area contributed by atoms with Crippen LogP contribution >= 0.6 is 0 Å². The summed E-state index contributed by atoms with van der Waals surface area (Å²) in [4.78, 5) is 19.0. The van der Waals surface area contributed by atoms with E-state index in [4.69, 9.17) is 9.97 Å². The molecule has 6 heteroatoms. The third-order valence-electron chi connectivity index (χ3n) is 6.22. The first-order valence-corrected chi connectivity index (χ1v) is 11.2. The maximum atomic E-state index is 4.83. The lowest BCUT2D eigenvalue weighted by Gasteiger charge is -2.22. The van der Waals surface area contributed by atoms with Gasteiger partial charge in [0.2, 0.25) is 5.95 Å². The summed E-state index contributed by atoms with van der Waals surface area (Å²) in [6.45, 7) is 5.15. The van der Waals surface area contributed by atoms with E-state index >= 15 is 0 Å². The maximum absolute atomic E-state index is 4.83. The van der Waals surface area contributed by atoms with Gasteiger partial charge in [-0.1, -0.05) is 37.1 Å². The third kappa shape index (κ3) is 4.54. The van der Waals surface area contributed by atoms with E-state index in [0.717, 1.165) is 62.1 Å². The monoisotopic (exact) mass is 402 g/mol. The fourth-order valence-corrected chi connectivity index (χ4v) is 4.60. The molecule has 1 aromatic carbocycles. The summed E-state index contributed by atoms with van der Waals surface area (Å²) < 4.78 is 0. The minimum Gasteiger partial charge on any atom is -0.356 e. The van der Waals surface area contributed by atoms with Crippen LogP contribution in [0.2, 0.25) is 0 Å². The van der Waals surface area contributed by atoms with Crippen LogP contribution in [0.25, 0.3) is 10.9 Å². The standard InChI is InChI=1S/C24H30N6/c1-2-6-15-30(14-5-1)23-11-13-25-24(28-23)27-21-12-16-29(18-21)17-20-10-9-19-7-3-4-8-22(19)26-20/h3-4,7-11,13,21H,1-2,5-6,12,14-18H2,(H,25,27,28). The van der Waals surface area contributed by atoms with E-state index in [1.807, 2.05) is 12.3 Å². The second-order valence-electron chi connectivity index (χ2n) is 8.50. The van der Waals surface area contributed by atoms with E-state index in [2.05, 4.69) is 56.5 Å². The van der Waals surface area contributed by atoms with Crippen LogP contribution in [0.15, 0.2) is 48.7 Å². The van der Waals surface area contributed by atoms with Crippen molar-refractivity contribution in [1.82, 2.24) is 19.9 Å². The Morgan fingerprint density at radius 3 is 2.67 bits per heavy atom. The summed E-state index contributed by atoms with van der Waals surface area (Å²) in [6.07, 6.45) is 8.17. The lowest BCUT2D eigenvalue weighted by atomic mass is 10.2. The average Bonchev–Trinajstić information content (AvgIpc) is 3.03. The fourth-order valence-electron chi connectivity index (χ4n) is 4.60. The Labute approximate surface area is 178 Å². The van der Waals surface area contributed by atoms with Crippen LogP contribution in [0.3, 0.4) is 0 Å². The number of pyridine rings is 1. The molecule has 4 heterocycles. The normalized spacial score (nSPS) is 20.4. The van der Waals surface area contributed by atoms with E-state index in [-0.39, 0.29) is 0 Å². The Kier molecular flexibility index (Phi) is 5.75. The Balaban J connectivity index is 1.19. The Hall–Kier alpha value is -2.73. The number of nitrogens with one attached hydrogen (secondary N) is 1. The van der Waals surface area contributed by atoms with E-state index in [9.17, 15) is 0 Å². The summed E-state index contributed by atoms with van der Waals surface area (Å²) in [6, 6.07) is 15.1. The molecule has 30 heavy (non-hydrogen) atoms. The van der Waals surface area contributed by atoms with Gasteiger partial charge in [-0.25, -0.2) is 4.98 Å². The zero-order valence-corrected chi connectivity index (χ0v) is 17.5. The number of aromatic nitrogens is 3. The minimum atomic E-state index is 0.379. The van der Waals surface area contributed by atoms with Gasteiger partial charge in [0.25, 0.3) is 0 Å². The lowest BCUT2D eigenvalue weighted by Crippen LogP contribution is -2.28. The van der Waals surface area contributed by atoms with E-state index in [0.29, 0.717) is 6.04 Å². The van der Waals surface area contributed by atoms with Crippen molar-refractivity contribution in [3.8, 4) is 0 Å². The molecule has 2 aliphatic heterocycles. The second-order valence-corrected chi connectivity index (χ2v) is 8.50. The topological polar surface area (TPSA) is 57.2 Å². The molecular formula is C24H30N6. The Bertz CT molecular complexity index is 982. The SMILES string of the molecule is c1ccc2nc(CN3CCC(Nc4nccc(N5CCCCCC5)n4)C3)ccc2c1. The Morgan fingerprint density at radius 2 is 1.77 bits per heavy atom. The second kappa shape index (κ2) is 8.96. The molecule has 2 fully saturated rings. The molecule has 0 aliphatic carbocycles. The molecule has 2 saturated heterocycles. The summed E-state index contributed by atoms with van der Waals surface area (Å²) in [7, 11) is 0. The van der Waals surface area contributed by atoms with Crippen molar-refractivity contribution in [1.29, 1.82) is 0 Å². The molecule has 156 valence electrons. The lowest BCUT2D eigenvalue weighted by molar-refractivity contribution is 0.325. The number of likely N-dealkylation sites (tertiary alicyclic amines) is 1. The highest BCUT2D eigenvalue weighted by Crippen LogP contribution is 2.21. The van der Waals surface area contributed by atoms with Gasteiger partial charge in [0, 0.05) is 50.3 Å². The maximum Gasteiger partial charge on any atom is 0.224 e. The number of hydrogen-bond acceptors (Lipinski definition) is 6. The largest absolute Gasteiger partial charge is 0.356 e. The highest BCUT2D eigenvalue weighted by molar-refractivity contribution is 5.78. The zero-order valence-electron chi connectivity index (χ0n) is 17.5. The predicted octanol–water partition coefficient (Wildman–Crippen LogP) is 4.09. The molecule has 1 N–H and O–H groups in total. The number of para-hydroxylation sites is 1. The summed E-state index contributed by atoms with van der Waals surface area (Å²) in [5, 5.41) is 4.77. The number of hydrogen-bond donors (Lipinski definition) is 1. The highest BCUT2D eigenvalue weighted by Gasteiger charge is 2.23. The van der Waals surface area contributed by atoms with Gasteiger partial charge in [-0.15, -0.1) is 0 Å². The molecule has 2 aromatic heterocycles. The van der Waals surface area contributed by atoms with Crippen molar-refractivity contribution < 1.29 is 0 Å². The molecule has 1 atom stereocenters. The van der Waals surface area contributed by atoms with Crippen LogP contribution in [0.5, 0.6) is 0 Å². The van der Waals surface area contributed by atoms with Crippen molar-refractivity contribution in [2.45, 2.75) is 44.7 Å². The smallest absolute Gasteiger partial charge is 0.224 e. The first-order valence-electron chi connectivity index (χ1n) is 11.2. The molecule has 0 amide bonds. The van der Waals surface area contributed by atoms with E-state index < -0.39 is 0 Å². The molecule has 0 spiro atoms. The molecule has 6 nitrogen and oxygen atoms in total. The van der Waals surface area contributed by atoms with Crippen molar-refractivity contribution in [2.75, 3.05) is 36.4 Å². The Morgan fingerprint density at radius 1 is 0.900 bits per heavy atom. The number of anilines is 2. The van der Waals surface area contributed by atoms with Crippen molar-refractivity contribution in [3.63, 3.8) is 0 Å². The van der Waals surface area contributed by atoms with Gasteiger partial charge >= 0.3 is 0 Å². The van der Waals surface area contributed by atoms with Crippen LogP contribution in [-0.2, 0) is 6.54 Å². The zero-order chi connectivity index (χ0) is 20.2. The molecular weight excluding hydrogens is 372 g/mol. The molecule has 3 aromatic rings. The summed E-state index contributed by atoms with van der Waals surface area (Å²) in [5.74, 6) is 1.82. The van der Waals surface area contributed by atoms with Crippen LogP contribution in [-0.4, -0.2) is 52.1 Å². The van der Waals surface area contributed by atoms with Gasteiger partial charge in [-0.3, -0.25) is 9.88 Å². The van der Waals surface area contributed by atoms with Gasteiger partial charge < -0.3 is 10.2 Å². The number of rotatable bonds is 5. The molecule has 0 saturated carbocycles. The first-order chi connectivity index (χ1) is 14.8. The molecule has 0 radical (unpaired) electrons. The van der Waals surface area contributed by atoms with Gasteiger partial charge in [-0.05, 0) is 37.5 Å². The van der Waals surface area contributed by atoms with Crippen LogP contribution in [0.1, 0.15) is 37.8 Å². The fraction of sp³-hybridized carbons (Fsp3) is 0.458. The van der Waals surface area contributed by atoms with Crippen molar-refractivity contribution >= 4 is 22.7 Å². The van der Waals surface area contributed by atoms with Crippen LogP contribution < -0.4 is 10.2 Å². The molecule has 0 bridgehead atoms. The number of fused-ring (bicyclic) bond motifs is 1. The van der Waals surface area contributed by atoms with E-state index in [1.165, 1.54) is 31.1 Å². The molecule has 5 rings (SSSR count). The van der Waals surface area contributed by atoms with Crippen LogP contribution in [0.4, 0.5) is 11.8 Å². The van der Waals surface area contributed by atoms with Gasteiger partial charge in [0.1, 0.15) is 5.82 Å². The molecule has 2 aliphatic rings. The summed E-state index contributed by atoms with van der Waals surface area (Å²) >= 11 is 0. The summed E-state index contributed by atoms with van der Waals surface area (Å²) in [5.41, 5.74) is 2.20. The number of benzene rings is 1. The molecule has 1 unspecified atom stereocenters. The van der Waals surface area contributed by atoms with E-state index in [1.54, 1.807) is 0 Å². The average molecular weight is 403 g/mol. The first kappa shape index (κ1) is 19.2. The van der Waals surface area contributed by atoms with Gasteiger partial charge in [0.05, 0.1) is 11.2 Å². The van der Waals surface area contributed by atoms with Crippen molar-refractivity contribution in [3.05, 3.63) is 54.4 Å². The quantitative estimate of drug-likeness (QED) is 0.694. The van der Waals surface area contributed by atoms with Gasteiger partial charge in [-0.2, -0.15) is 4.98 Å². The third-order valence-corrected chi connectivity index (χ3v) is 6.22. The van der Waals surface area contributed by atoms with Crippen LogP contribution in [0, 0.1) is 0 Å². The number of nitrogens with zero attached hydrogens (tertiary/aromatic N) is 5. The highest BCUT2D eigenvalue weighted by atomic mass is 15.3. The predicted molar refractivity (Wildman–Crippen MR) is 122 cm³/mol. The van der Waals surface area contributed by atoms with Crippen molar-refractivity contribution in [2.24, 2.45) is 0 Å². The van der Waals surface area contributed by atoms with Gasteiger partial charge in [0.15, 0.2) is 0 Å².